The lowest BCUT2D eigenvalue weighted by atomic mass is 10.0. The summed E-state index contributed by atoms with van der Waals surface area (Å²) in [4.78, 5) is 19.0. The van der Waals surface area contributed by atoms with E-state index in [1.807, 2.05) is 4.90 Å². The number of hydrazine groups is 1. The van der Waals surface area contributed by atoms with Gasteiger partial charge in [0, 0.05) is 18.9 Å². The molecule has 0 amide bonds. The maximum atomic E-state index is 9.53. The number of aliphatic hydroxyl groups excluding tert-OH is 1. The summed E-state index contributed by atoms with van der Waals surface area (Å²) in [6.07, 6.45) is 8.08. The van der Waals surface area contributed by atoms with E-state index in [1.165, 1.54) is 0 Å². The second kappa shape index (κ2) is 6.02. The molecule has 2 aromatic rings. The second-order valence-electron chi connectivity index (χ2n) is 4.90. The summed E-state index contributed by atoms with van der Waals surface area (Å²) in [5, 5.41) is 9.53. The summed E-state index contributed by atoms with van der Waals surface area (Å²) in [5.74, 6) is 6.68. The van der Waals surface area contributed by atoms with E-state index in [-0.39, 0.29) is 18.6 Å². The predicted octanol–water partition coefficient (Wildman–Crippen LogP) is -0.306. The lowest BCUT2D eigenvalue weighted by molar-refractivity contribution is 0.238. The van der Waals surface area contributed by atoms with E-state index < -0.39 is 0 Å². The van der Waals surface area contributed by atoms with Crippen LogP contribution in [0, 0.1) is 0 Å². The fraction of sp³-hybridized carbons (Fsp3) is 0.500. The minimum absolute atomic E-state index is 0.0300. The van der Waals surface area contributed by atoms with Gasteiger partial charge >= 0.3 is 0 Å². The van der Waals surface area contributed by atoms with Crippen molar-refractivity contribution in [1.82, 2.24) is 24.5 Å². The topological polar surface area (TPSA) is 118 Å². The standard InChI is InChI=1S/C12H18N8O/c13-18-10-15-11(19-6-4-14-8-19)17-12(16-10)20-5-2-1-3-9(20)7-21/h4,6,8-9,21H,1-3,5,7,13H2,(H,15,16,17,18). The van der Waals surface area contributed by atoms with Gasteiger partial charge in [0.15, 0.2) is 0 Å². The van der Waals surface area contributed by atoms with E-state index >= 15 is 0 Å². The SMILES string of the molecule is NNc1nc(N2CCCCC2CO)nc(-n2ccnc2)n1. The van der Waals surface area contributed by atoms with Crippen LogP contribution in [0.15, 0.2) is 18.7 Å². The normalized spacial score (nSPS) is 18.8. The number of hydrogen-bond acceptors (Lipinski definition) is 8. The molecule has 0 aromatic carbocycles. The number of piperidine rings is 1. The first-order chi connectivity index (χ1) is 10.3. The Balaban J connectivity index is 1.99. The summed E-state index contributed by atoms with van der Waals surface area (Å²) >= 11 is 0. The molecule has 1 saturated heterocycles. The Kier molecular flexibility index (Phi) is 3.93. The summed E-state index contributed by atoms with van der Waals surface area (Å²) < 4.78 is 1.68. The third kappa shape index (κ3) is 2.78. The van der Waals surface area contributed by atoms with Gasteiger partial charge in [0.2, 0.25) is 17.8 Å². The van der Waals surface area contributed by atoms with E-state index in [0.29, 0.717) is 11.9 Å². The molecular weight excluding hydrogens is 272 g/mol. The van der Waals surface area contributed by atoms with Gasteiger partial charge in [-0.15, -0.1) is 0 Å². The maximum absolute atomic E-state index is 9.53. The van der Waals surface area contributed by atoms with Gasteiger partial charge in [-0.1, -0.05) is 0 Å². The second-order valence-corrected chi connectivity index (χ2v) is 4.90. The third-order valence-electron chi connectivity index (χ3n) is 3.57. The van der Waals surface area contributed by atoms with Crippen LogP contribution in [-0.2, 0) is 0 Å². The van der Waals surface area contributed by atoms with Crippen LogP contribution < -0.4 is 16.2 Å². The zero-order valence-corrected chi connectivity index (χ0v) is 11.6. The molecule has 0 aliphatic carbocycles. The molecular formula is C12H18N8O. The Labute approximate surface area is 121 Å². The smallest absolute Gasteiger partial charge is 0.243 e. The molecule has 4 N–H and O–H groups in total. The molecule has 3 heterocycles. The molecule has 1 atom stereocenters. The highest BCUT2D eigenvalue weighted by atomic mass is 16.3. The Bertz CT molecular complexity index is 587. The maximum Gasteiger partial charge on any atom is 0.243 e. The predicted molar refractivity (Wildman–Crippen MR) is 76.8 cm³/mol. The highest BCUT2D eigenvalue weighted by molar-refractivity contribution is 5.41. The van der Waals surface area contributed by atoms with Gasteiger partial charge in [0.1, 0.15) is 6.33 Å². The molecule has 112 valence electrons. The lowest BCUT2D eigenvalue weighted by Crippen LogP contribution is -2.43. The van der Waals surface area contributed by atoms with Crippen molar-refractivity contribution in [2.75, 3.05) is 23.5 Å². The van der Waals surface area contributed by atoms with Crippen molar-refractivity contribution in [1.29, 1.82) is 0 Å². The van der Waals surface area contributed by atoms with E-state index in [4.69, 9.17) is 5.84 Å². The molecule has 3 rings (SSSR count). The minimum atomic E-state index is 0.0300. The highest BCUT2D eigenvalue weighted by Crippen LogP contribution is 2.22. The molecule has 0 saturated carbocycles. The van der Waals surface area contributed by atoms with Crippen molar-refractivity contribution < 1.29 is 5.11 Å². The zero-order chi connectivity index (χ0) is 14.7. The first-order valence-corrected chi connectivity index (χ1v) is 6.90. The number of nitrogens with zero attached hydrogens (tertiary/aromatic N) is 6. The van der Waals surface area contributed by atoms with E-state index in [1.54, 1.807) is 23.3 Å². The van der Waals surface area contributed by atoms with Gasteiger partial charge < -0.3 is 10.0 Å². The molecule has 0 radical (unpaired) electrons. The Morgan fingerprint density at radius 3 is 2.86 bits per heavy atom. The van der Waals surface area contributed by atoms with Crippen LogP contribution in [0.5, 0.6) is 0 Å². The van der Waals surface area contributed by atoms with Crippen molar-refractivity contribution in [2.24, 2.45) is 5.84 Å². The van der Waals surface area contributed by atoms with Crippen LogP contribution in [0.4, 0.5) is 11.9 Å². The summed E-state index contributed by atoms with van der Waals surface area (Å²) in [7, 11) is 0. The molecule has 0 bridgehead atoms. The number of rotatable bonds is 4. The summed E-state index contributed by atoms with van der Waals surface area (Å²) in [6.45, 7) is 0.889. The van der Waals surface area contributed by atoms with Gasteiger partial charge in [0.25, 0.3) is 0 Å². The van der Waals surface area contributed by atoms with Crippen molar-refractivity contribution in [2.45, 2.75) is 25.3 Å². The molecule has 0 spiro atoms. The summed E-state index contributed by atoms with van der Waals surface area (Å²) in [6, 6.07) is 0.0300. The number of nitrogens with two attached hydrogens (primary N) is 1. The van der Waals surface area contributed by atoms with Crippen LogP contribution in [0.1, 0.15) is 19.3 Å². The molecule has 1 aliphatic heterocycles. The number of nitrogens with one attached hydrogen (secondary N) is 1. The monoisotopic (exact) mass is 290 g/mol. The number of aromatic nitrogens is 5. The van der Waals surface area contributed by atoms with E-state index in [2.05, 4.69) is 25.4 Å². The van der Waals surface area contributed by atoms with E-state index in [9.17, 15) is 5.11 Å². The molecule has 21 heavy (non-hydrogen) atoms. The Hall–Kier alpha value is -2.26. The molecule has 1 unspecified atom stereocenters. The Morgan fingerprint density at radius 1 is 1.29 bits per heavy atom. The van der Waals surface area contributed by atoms with Crippen LogP contribution >= 0.6 is 0 Å². The van der Waals surface area contributed by atoms with Crippen LogP contribution in [-0.4, -0.2) is 48.8 Å². The van der Waals surface area contributed by atoms with Crippen molar-refractivity contribution in [3.63, 3.8) is 0 Å². The number of nitrogen functional groups attached to an aromatic ring is 1. The first kappa shape index (κ1) is 13.7. The van der Waals surface area contributed by atoms with Gasteiger partial charge in [-0.05, 0) is 19.3 Å². The number of imidazole rings is 1. The first-order valence-electron chi connectivity index (χ1n) is 6.90. The molecule has 1 aliphatic rings. The molecule has 9 heteroatoms. The van der Waals surface area contributed by atoms with Crippen LogP contribution in [0.2, 0.25) is 0 Å². The zero-order valence-electron chi connectivity index (χ0n) is 11.6. The van der Waals surface area contributed by atoms with Crippen molar-refractivity contribution in [3.05, 3.63) is 18.7 Å². The van der Waals surface area contributed by atoms with Crippen molar-refractivity contribution in [3.8, 4) is 5.95 Å². The quantitative estimate of drug-likeness (QED) is 0.518. The highest BCUT2D eigenvalue weighted by Gasteiger charge is 2.25. The van der Waals surface area contributed by atoms with Gasteiger partial charge in [-0.25, -0.2) is 10.8 Å². The average Bonchev–Trinajstić information content (AvgIpc) is 3.09. The van der Waals surface area contributed by atoms with Gasteiger partial charge in [-0.2, -0.15) is 15.0 Å². The van der Waals surface area contributed by atoms with Crippen molar-refractivity contribution >= 4 is 11.9 Å². The van der Waals surface area contributed by atoms with Gasteiger partial charge in [0.05, 0.1) is 12.6 Å². The largest absolute Gasteiger partial charge is 0.394 e. The fourth-order valence-electron chi connectivity index (χ4n) is 2.49. The lowest BCUT2D eigenvalue weighted by Gasteiger charge is -2.34. The fourth-order valence-corrected chi connectivity index (χ4v) is 2.49. The minimum Gasteiger partial charge on any atom is -0.394 e. The van der Waals surface area contributed by atoms with Crippen LogP contribution in [0.25, 0.3) is 5.95 Å². The number of hydrogen-bond donors (Lipinski definition) is 3. The summed E-state index contributed by atoms with van der Waals surface area (Å²) in [5.41, 5.74) is 2.46. The number of aliphatic hydroxyl groups is 1. The van der Waals surface area contributed by atoms with Crippen LogP contribution in [0.3, 0.4) is 0 Å². The molecule has 1 fully saturated rings. The molecule has 2 aromatic heterocycles. The number of anilines is 2. The average molecular weight is 290 g/mol. The third-order valence-corrected chi connectivity index (χ3v) is 3.57. The van der Waals surface area contributed by atoms with Gasteiger partial charge in [-0.3, -0.25) is 9.99 Å². The molecule has 9 nitrogen and oxygen atoms in total. The Morgan fingerprint density at radius 2 is 2.14 bits per heavy atom. The van der Waals surface area contributed by atoms with E-state index in [0.717, 1.165) is 25.8 Å².